The van der Waals surface area contributed by atoms with Crippen molar-refractivity contribution < 1.29 is 9.59 Å². The van der Waals surface area contributed by atoms with Crippen molar-refractivity contribution in [3.05, 3.63) is 74.9 Å². The van der Waals surface area contributed by atoms with Crippen molar-refractivity contribution in [1.29, 1.82) is 0 Å². The molecule has 1 fully saturated rings. The van der Waals surface area contributed by atoms with Crippen molar-refractivity contribution in [3.63, 3.8) is 0 Å². The average Bonchev–Trinajstić information content (AvgIpc) is 3.49. The third kappa shape index (κ3) is 3.71. The first-order chi connectivity index (χ1) is 13.5. The molecular formula is C20H18N4O4. The summed E-state index contributed by atoms with van der Waals surface area (Å²) in [6, 6.07) is 13.4. The van der Waals surface area contributed by atoms with E-state index in [0.29, 0.717) is 22.2 Å². The van der Waals surface area contributed by atoms with Crippen LogP contribution in [0.15, 0.2) is 58.1 Å². The molecular weight excluding hydrogens is 360 g/mol. The molecule has 3 N–H and O–H groups in total. The van der Waals surface area contributed by atoms with Gasteiger partial charge >= 0.3 is 5.69 Å². The minimum absolute atomic E-state index is 0.179. The fraction of sp³-hybridized carbons (Fsp3) is 0.200. The highest BCUT2D eigenvalue weighted by atomic mass is 16.2. The van der Waals surface area contributed by atoms with E-state index in [2.05, 4.69) is 15.6 Å². The summed E-state index contributed by atoms with van der Waals surface area (Å²) in [5.74, 6) is -0.625. The van der Waals surface area contributed by atoms with Crippen molar-refractivity contribution in [2.45, 2.75) is 25.4 Å². The molecule has 28 heavy (non-hydrogen) atoms. The van der Waals surface area contributed by atoms with Gasteiger partial charge in [-0.3, -0.25) is 23.9 Å². The lowest BCUT2D eigenvalue weighted by Crippen LogP contribution is -2.34. The van der Waals surface area contributed by atoms with E-state index >= 15 is 0 Å². The Kier molecular flexibility index (Phi) is 4.52. The smallest absolute Gasteiger partial charge is 0.329 e. The molecule has 0 spiro atoms. The number of carbonyl (C=O) groups is 2. The molecule has 8 nitrogen and oxygen atoms in total. The van der Waals surface area contributed by atoms with Gasteiger partial charge in [0.2, 0.25) is 5.91 Å². The van der Waals surface area contributed by atoms with Gasteiger partial charge in [0.15, 0.2) is 0 Å². The number of carbonyl (C=O) groups excluding carboxylic acids is 2. The molecule has 1 aromatic heterocycles. The van der Waals surface area contributed by atoms with E-state index in [0.717, 1.165) is 12.8 Å². The first kappa shape index (κ1) is 17.7. The van der Waals surface area contributed by atoms with Crippen molar-refractivity contribution in [2.24, 2.45) is 0 Å². The lowest BCUT2D eigenvalue weighted by molar-refractivity contribution is -0.116. The van der Waals surface area contributed by atoms with Gasteiger partial charge in [0.05, 0.1) is 10.9 Å². The van der Waals surface area contributed by atoms with Gasteiger partial charge in [-0.05, 0) is 43.2 Å². The Hall–Kier alpha value is -3.68. The van der Waals surface area contributed by atoms with Gasteiger partial charge in [-0.2, -0.15) is 0 Å². The molecule has 8 heteroatoms. The van der Waals surface area contributed by atoms with Crippen LogP contribution in [-0.4, -0.2) is 27.4 Å². The summed E-state index contributed by atoms with van der Waals surface area (Å²) in [6.45, 7) is -0.269. The molecule has 0 unspecified atom stereocenters. The zero-order chi connectivity index (χ0) is 19.7. The molecule has 1 aliphatic carbocycles. The second kappa shape index (κ2) is 7.15. The Bertz CT molecular complexity index is 1190. The highest BCUT2D eigenvalue weighted by Gasteiger charge is 2.23. The van der Waals surface area contributed by atoms with Gasteiger partial charge in [0.1, 0.15) is 6.54 Å². The normalized spacial score (nSPS) is 13.3. The molecule has 142 valence electrons. The topological polar surface area (TPSA) is 113 Å². The first-order valence-electron chi connectivity index (χ1n) is 8.94. The molecule has 3 aromatic rings. The SMILES string of the molecule is O=C(Cn1c(=O)[nH]c(=O)c2ccccc21)Nc1cccc(C(=O)NC2CC2)c1. The highest BCUT2D eigenvalue weighted by molar-refractivity contribution is 5.97. The summed E-state index contributed by atoms with van der Waals surface area (Å²) < 4.78 is 1.20. The van der Waals surface area contributed by atoms with E-state index in [1.54, 1.807) is 48.5 Å². The summed E-state index contributed by atoms with van der Waals surface area (Å²) in [4.78, 5) is 50.9. The van der Waals surface area contributed by atoms with Crippen molar-refractivity contribution >= 4 is 28.4 Å². The molecule has 1 heterocycles. The maximum Gasteiger partial charge on any atom is 0.329 e. The molecule has 0 atom stereocenters. The number of benzene rings is 2. The summed E-state index contributed by atoms with van der Waals surface area (Å²) in [6.07, 6.45) is 1.98. The maximum absolute atomic E-state index is 12.5. The summed E-state index contributed by atoms with van der Waals surface area (Å²) >= 11 is 0. The Morgan fingerprint density at radius 1 is 1.07 bits per heavy atom. The van der Waals surface area contributed by atoms with E-state index in [1.165, 1.54) is 4.57 Å². The molecule has 1 saturated carbocycles. The summed E-state index contributed by atoms with van der Waals surface area (Å²) in [5, 5.41) is 5.91. The van der Waals surface area contributed by atoms with Crippen LogP contribution in [0, 0.1) is 0 Å². The number of amides is 2. The fourth-order valence-electron chi connectivity index (χ4n) is 2.98. The van der Waals surface area contributed by atoms with Gasteiger partial charge in [0.25, 0.3) is 11.5 Å². The van der Waals surface area contributed by atoms with Crippen molar-refractivity contribution in [1.82, 2.24) is 14.9 Å². The van der Waals surface area contributed by atoms with E-state index in [1.807, 2.05) is 0 Å². The van der Waals surface area contributed by atoms with Gasteiger partial charge in [-0.15, -0.1) is 0 Å². The molecule has 1 aliphatic rings. The summed E-state index contributed by atoms with van der Waals surface area (Å²) in [7, 11) is 0. The second-order valence-corrected chi connectivity index (χ2v) is 6.74. The lowest BCUT2D eigenvalue weighted by atomic mass is 10.2. The average molecular weight is 378 g/mol. The Labute approximate surface area is 159 Å². The number of hydrogen-bond donors (Lipinski definition) is 3. The number of nitrogens with zero attached hydrogens (tertiary/aromatic N) is 1. The zero-order valence-corrected chi connectivity index (χ0v) is 14.9. The predicted molar refractivity (Wildman–Crippen MR) is 104 cm³/mol. The minimum atomic E-state index is -0.656. The first-order valence-corrected chi connectivity index (χ1v) is 8.94. The Morgan fingerprint density at radius 2 is 1.86 bits per heavy atom. The molecule has 0 saturated heterocycles. The monoisotopic (exact) mass is 378 g/mol. The fourth-order valence-corrected chi connectivity index (χ4v) is 2.98. The molecule has 2 aromatic carbocycles. The van der Waals surface area contributed by atoms with E-state index in [9.17, 15) is 19.2 Å². The van der Waals surface area contributed by atoms with Crippen LogP contribution in [0.5, 0.6) is 0 Å². The third-order valence-electron chi connectivity index (χ3n) is 4.53. The van der Waals surface area contributed by atoms with Gasteiger partial charge < -0.3 is 10.6 Å². The predicted octanol–water partition coefficient (Wildman–Crippen LogP) is 1.22. The number of nitrogens with one attached hydrogen (secondary N) is 3. The van der Waals surface area contributed by atoms with Gasteiger partial charge in [-0.25, -0.2) is 4.79 Å². The van der Waals surface area contributed by atoms with E-state index in [-0.39, 0.29) is 18.5 Å². The number of rotatable bonds is 5. The van der Waals surface area contributed by atoms with Crippen molar-refractivity contribution in [2.75, 3.05) is 5.32 Å². The minimum Gasteiger partial charge on any atom is -0.349 e. The number of aromatic amines is 1. The second-order valence-electron chi connectivity index (χ2n) is 6.74. The van der Waals surface area contributed by atoms with E-state index < -0.39 is 17.2 Å². The Balaban J connectivity index is 1.54. The largest absolute Gasteiger partial charge is 0.349 e. The molecule has 2 amide bonds. The molecule has 0 radical (unpaired) electrons. The maximum atomic E-state index is 12.5. The molecule has 0 bridgehead atoms. The highest BCUT2D eigenvalue weighted by Crippen LogP contribution is 2.20. The van der Waals surface area contributed by atoms with Crippen molar-refractivity contribution in [3.8, 4) is 0 Å². The van der Waals surface area contributed by atoms with Crippen LogP contribution in [-0.2, 0) is 11.3 Å². The summed E-state index contributed by atoms with van der Waals surface area (Å²) in [5.41, 5.74) is 0.138. The van der Waals surface area contributed by atoms with Crippen LogP contribution in [0.2, 0.25) is 0 Å². The number of aromatic nitrogens is 2. The third-order valence-corrected chi connectivity index (χ3v) is 4.53. The van der Waals surface area contributed by atoms with Gasteiger partial charge in [0, 0.05) is 17.3 Å². The van der Waals surface area contributed by atoms with E-state index in [4.69, 9.17) is 0 Å². The number of H-pyrrole nitrogens is 1. The van der Waals surface area contributed by atoms with Crippen LogP contribution in [0.3, 0.4) is 0 Å². The van der Waals surface area contributed by atoms with Crippen LogP contribution >= 0.6 is 0 Å². The quantitative estimate of drug-likeness (QED) is 0.619. The number of hydrogen-bond acceptors (Lipinski definition) is 4. The standard InChI is InChI=1S/C20H18N4O4/c25-17(11-24-16-7-2-1-6-15(16)19(27)23-20(24)28)21-14-5-3-4-12(10-14)18(26)22-13-8-9-13/h1-7,10,13H,8-9,11H2,(H,21,25)(H,22,26)(H,23,27,28). The number of fused-ring (bicyclic) bond motifs is 1. The van der Waals surface area contributed by atoms with Crippen LogP contribution in [0.1, 0.15) is 23.2 Å². The molecule has 4 rings (SSSR count). The number of para-hydroxylation sites is 1. The van der Waals surface area contributed by atoms with Crippen LogP contribution in [0.4, 0.5) is 5.69 Å². The van der Waals surface area contributed by atoms with Crippen LogP contribution in [0.25, 0.3) is 10.9 Å². The lowest BCUT2D eigenvalue weighted by Gasteiger charge is -2.11. The number of anilines is 1. The Morgan fingerprint density at radius 3 is 2.64 bits per heavy atom. The van der Waals surface area contributed by atoms with Crippen LogP contribution < -0.4 is 21.9 Å². The zero-order valence-electron chi connectivity index (χ0n) is 14.9. The van der Waals surface area contributed by atoms with Gasteiger partial charge in [-0.1, -0.05) is 18.2 Å². The molecule has 0 aliphatic heterocycles.